The van der Waals surface area contributed by atoms with Gasteiger partial charge in [-0.1, -0.05) is 0 Å². The first-order chi connectivity index (χ1) is 9.74. The highest BCUT2D eigenvalue weighted by molar-refractivity contribution is 5.69. The van der Waals surface area contributed by atoms with Crippen LogP contribution in [0, 0.1) is 0 Å². The van der Waals surface area contributed by atoms with Crippen molar-refractivity contribution in [1.29, 1.82) is 0 Å². The number of ether oxygens (including phenoxy) is 1. The number of rotatable bonds is 4. The van der Waals surface area contributed by atoms with Crippen molar-refractivity contribution >= 4 is 11.2 Å². The molecule has 2 aromatic rings. The minimum absolute atomic E-state index is 0.0140. The average molecular weight is 280 g/mol. The lowest BCUT2D eigenvalue weighted by atomic mass is 10.2. The predicted molar refractivity (Wildman–Crippen MR) is 69.1 cm³/mol. The average Bonchev–Trinajstić information content (AvgIpc) is 3.08. The Morgan fingerprint density at radius 3 is 2.85 bits per heavy atom. The molecule has 0 unspecified atom stereocenters. The summed E-state index contributed by atoms with van der Waals surface area (Å²) in [6.07, 6.45) is 4.02. The van der Waals surface area contributed by atoms with Crippen LogP contribution in [0.4, 0.5) is 0 Å². The van der Waals surface area contributed by atoms with Gasteiger partial charge in [-0.05, 0) is 12.8 Å². The van der Waals surface area contributed by atoms with Gasteiger partial charge in [-0.25, -0.2) is 9.97 Å². The maximum Gasteiger partial charge on any atom is 0.281 e. The first-order valence-corrected chi connectivity index (χ1v) is 6.53. The maximum absolute atomic E-state index is 12.1. The second kappa shape index (κ2) is 5.31. The first-order valence-electron chi connectivity index (χ1n) is 6.53. The van der Waals surface area contributed by atoms with E-state index in [0.717, 1.165) is 12.8 Å². The van der Waals surface area contributed by atoms with E-state index in [2.05, 4.69) is 9.97 Å². The molecule has 0 saturated carbocycles. The van der Waals surface area contributed by atoms with E-state index in [9.17, 15) is 4.79 Å². The van der Waals surface area contributed by atoms with Crippen LogP contribution in [-0.2, 0) is 11.3 Å². The topological polar surface area (TPSA) is 102 Å². The molecule has 3 rings (SSSR count). The monoisotopic (exact) mass is 280 g/mol. The van der Waals surface area contributed by atoms with E-state index >= 15 is 0 Å². The summed E-state index contributed by atoms with van der Waals surface area (Å²) in [5.74, 6) is 0. The van der Waals surface area contributed by atoms with Crippen LogP contribution in [0.3, 0.4) is 0 Å². The third kappa shape index (κ3) is 2.11. The van der Waals surface area contributed by atoms with Crippen molar-refractivity contribution < 1.29 is 14.9 Å². The predicted octanol–water partition coefficient (Wildman–Crippen LogP) is -0.745. The molecule has 20 heavy (non-hydrogen) atoms. The molecule has 8 nitrogen and oxygen atoms in total. The highest BCUT2D eigenvalue weighted by Gasteiger charge is 2.27. The largest absolute Gasteiger partial charge is 0.395 e. The number of aliphatic hydroxyl groups excluding tert-OH is 2. The Hall–Kier alpha value is -1.77. The number of hydrogen-bond donors (Lipinski definition) is 2. The molecule has 0 aromatic carbocycles. The summed E-state index contributed by atoms with van der Waals surface area (Å²) in [5, 5.41) is 18.0. The van der Waals surface area contributed by atoms with Crippen molar-refractivity contribution in [3.8, 4) is 0 Å². The van der Waals surface area contributed by atoms with Gasteiger partial charge < -0.3 is 14.9 Å². The van der Waals surface area contributed by atoms with E-state index in [1.54, 1.807) is 4.57 Å². The molecule has 1 aliphatic heterocycles. The Labute approximate surface area is 114 Å². The van der Waals surface area contributed by atoms with E-state index in [1.165, 1.54) is 17.2 Å². The summed E-state index contributed by atoms with van der Waals surface area (Å²) < 4.78 is 8.71. The van der Waals surface area contributed by atoms with Gasteiger partial charge in [-0.3, -0.25) is 13.9 Å². The lowest BCUT2D eigenvalue weighted by Gasteiger charge is -2.13. The first kappa shape index (κ1) is 13.2. The standard InChI is InChI=1S/C12H16N4O4/c17-4-3-15-6-14-11-10(12(15)19)13-7-16(11)9-2-1-8(5-18)20-9/h6-9,17-18H,1-5H2/t8-,9+/m0/s1. The van der Waals surface area contributed by atoms with Crippen LogP contribution in [0.25, 0.3) is 11.2 Å². The summed E-state index contributed by atoms with van der Waals surface area (Å²) in [6, 6.07) is 0. The van der Waals surface area contributed by atoms with Crippen LogP contribution >= 0.6 is 0 Å². The van der Waals surface area contributed by atoms with Gasteiger partial charge >= 0.3 is 0 Å². The molecule has 1 aliphatic rings. The molecule has 2 atom stereocenters. The molecule has 108 valence electrons. The van der Waals surface area contributed by atoms with E-state index in [-0.39, 0.29) is 43.2 Å². The number of aromatic nitrogens is 4. The molecule has 3 heterocycles. The van der Waals surface area contributed by atoms with Crippen LogP contribution in [0.15, 0.2) is 17.4 Å². The van der Waals surface area contributed by atoms with Crippen LogP contribution in [-0.4, -0.2) is 48.6 Å². The van der Waals surface area contributed by atoms with Gasteiger partial charge in [0.05, 0.1) is 32.2 Å². The quantitative estimate of drug-likeness (QED) is 0.764. The number of fused-ring (bicyclic) bond motifs is 1. The molecule has 8 heteroatoms. The van der Waals surface area contributed by atoms with Gasteiger partial charge in [0.2, 0.25) is 0 Å². The fraction of sp³-hybridized carbons (Fsp3) is 0.583. The molecule has 1 saturated heterocycles. The van der Waals surface area contributed by atoms with E-state index in [0.29, 0.717) is 5.65 Å². The molecular weight excluding hydrogens is 264 g/mol. The molecule has 2 aromatic heterocycles. The molecule has 0 spiro atoms. The normalized spacial score (nSPS) is 22.7. The highest BCUT2D eigenvalue weighted by atomic mass is 16.5. The van der Waals surface area contributed by atoms with Crippen molar-refractivity contribution in [1.82, 2.24) is 19.1 Å². The van der Waals surface area contributed by atoms with E-state index in [1.807, 2.05) is 0 Å². The zero-order valence-corrected chi connectivity index (χ0v) is 10.8. The van der Waals surface area contributed by atoms with Crippen molar-refractivity contribution in [2.45, 2.75) is 31.7 Å². The number of nitrogens with zero attached hydrogens (tertiary/aromatic N) is 4. The highest BCUT2D eigenvalue weighted by Crippen LogP contribution is 2.29. The fourth-order valence-corrected chi connectivity index (χ4v) is 2.45. The van der Waals surface area contributed by atoms with Crippen molar-refractivity contribution in [2.75, 3.05) is 13.2 Å². The van der Waals surface area contributed by atoms with E-state index < -0.39 is 0 Å². The number of hydrogen-bond acceptors (Lipinski definition) is 6. The Morgan fingerprint density at radius 1 is 1.30 bits per heavy atom. The summed E-state index contributed by atoms with van der Waals surface area (Å²) in [7, 11) is 0. The van der Waals surface area contributed by atoms with Gasteiger partial charge in [-0.2, -0.15) is 0 Å². The third-order valence-electron chi connectivity index (χ3n) is 3.49. The lowest BCUT2D eigenvalue weighted by molar-refractivity contribution is -0.0207. The zero-order chi connectivity index (χ0) is 14.1. The van der Waals surface area contributed by atoms with Crippen LogP contribution < -0.4 is 5.56 Å². The smallest absolute Gasteiger partial charge is 0.281 e. The van der Waals surface area contributed by atoms with Crippen LogP contribution in [0.5, 0.6) is 0 Å². The van der Waals surface area contributed by atoms with Crippen molar-refractivity contribution in [3.05, 3.63) is 23.0 Å². The SMILES string of the molecule is O=c1c2ncn([C@H]3CC[C@@H](CO)O3)c2ncn1CCO. The molecule has 1 fully saturated rings. The van der Waals surface area contributed by atoms with Gasteiger partial charge in [0.15, 0.2) is 11.2 Å². The van der Waals surface area contributed by atoms with Crippen LogP contribution in [0.1, 0.15) is 19.1 Å². The molecular formula is C12H16N4O4. The van der Waals surface area contributed by atoms with Gasteiger partial charge in [0.25, 0.3) is 5.56 Å². The molecule has 2 N–H and O–H groups in total. The van der Waals surface area contributed by atoms with Crippen molar-refractivity contribution in [3.63, 3.8) is 0 Å². The van der Waals surface area contributed by atoms with Gasteiger partial charge in [-0.15, -0.1) is 0 Å². The lowest BCUT2D eigenvalue weighted by Crippen LogP contribution is -2.23. The van der Waals surface area contributed by atoms with Crippen molar-refractivity contribution in [2.24, 2.45) is 0 Å². The van der Waals surface area contributed by atoms with Gasteiger partial charge in [0.1, 0.15) is 12.6 Å². The Kier molecular flexibility index (Phi) is 3.51. The number of imidazole rings is 1. The Bertz CT molecular complexity index is 665. The molecule has 0 radical (unpaired) electrons. The van der Waals surface area contributed by atoms with Crippen LogP contribution in [0.2, 0.25) is 0 Å². The van der Waals surface area contributed by atoms with E-state index in [4.69, 9.17) is 14.9 Å². The summed E-state index contributed by atoms with van der Waals surface area (Å²) in [5.41, 5.74) is 0.448. The Balaban J connectivity index is 1.98. The minimum atomic E-state index is -0.278. The second-order valence-corrected chi connectivity index (χ2v) is 4.76. The molecule has 0 aliphatic carbocycles. The Morgan fingerprint density at radius 2 is 2.15 bits per heavy atom. The van der Waals surface area contributed by atoms with Gasteiger partial charge in [0, 0.05) is 0 Å². The fourth-order valence-electron chi connectivity index (χ4n) is 2.45. The minimum Gasteiger partial charge on any atom is -0.395 e. The third-order valence-corrected chi connectivity index (χ3v) is 3.49. The zero-order valence-electron chi connectivity index (χ0n) is 10.8. The number of aliphatic hydroxyl groups is 2. The summed E-state index contributed by atoms with van der Waals surface area (Å²) in [6.45, 7) is 0.0543. The summed E-state index contributed by atoms with van der Waals surface area (Å²) in [4.78, 5) is 20.4. The summed E-state index contributed by atoms with van der Waals surface area (Å²) >= 11 is 0. The molecule has 0 amide bonds. The molecule has 0 bridgehead atoms. The maximum atomic E-state index is 12.1. The second-order valence-electron chi connectivity index (χ2n) is 4.76.